The molecule has 7 heteroatoms. The van der Waals surface area contributed by atoms with Crippen molar-refractivity contribution in [2.75, 3.05) is 24.5 Å². The van der Waals surface area contributed by atoms with E-state index < -0.39 is 0 Å². The molecule has 1 amide bonds. The van der Waals surface area contributed by atoms with E-state index in [9.17, 15) is 9.18 Å². The summed E-state index contributed by atoms with van der Waals surface area (Å²) < 4.78 is 17.5. The van der Waals surface area contributed by atoms with Crippen molar-refractivity contribution in [2.45, 2.75) is 52.5 Å². The molecule has 2 aromatic rings. The number of likely N-dealkylation sites (tertiary alicyclic amines) is 1. The lowest BCUT2D eigenvalue weighted by Gasteiger charge is -2.32. The van der Waals surface area contributed by atoms with Crippen LogP contribution in [0.15, 0.2) is 24.3 Å². The lowest BCUT2D eigenvalue weighted by atomic mass is 9.99. The van der Waals surface area contributed by atoms with Crippen molar-refractivity contribution >= 4 is 22.6 Å². The first kappa shape index (κ1) is 20.7. The second kappa shape index (κ2) is 9.45. The molecule has 1 aromatic carbocycles. The number of carbonyl (C=O) groups excluding carboxylic acids is 1. The summed E-state index contributed by atoms with van der Waals surface area (Å²) in [4.78, 5) is 21.4. The van der Waals surface area contributed by atoms with E-state index in [4.69, 9.17) is 0 Å². The minimum atomic E-state index is -0.241. The van der Waals surface area contributed by atoms with E-state index in [1.54, 1.807) is 12.1 Å². The number of aromatic nitrogens is 2. The van der Waals surface area contributed by atoms with Crippen LogP contribution in [0.1, 0.15) is 51.4 Å². The molecule has 0 bridgehead atoms. The van der Waals surface area contributed by atoms with Crippen LogP contribution >= 0.6 is 11.5 Å². The Kier molecular flexibility index (Phi) is 6.99. The van der Waals surface area contributed by atoms with Crippen LogP contribution in [0.4, 0.5) is 9.52 Å². The Morgan fingerprint density at radius 1 is 1.29 bits per heavy atom. The molecule has 0 spiro atoms. The van der Waals surface area contributed by atoms with Crippen molar-refractivity contribution in [1.29, 1.82) is 0 Å². The number of rotatable bonds is 7. The summed E-state index contributed by atoms with van der Waals surface area (Å²) in [7, 11) is 0. The van der Waals surface area contributed by atoms with Gasteiger partial charge in [-0.05, 0) is 50.3 Å². The Morgan fingerprint density at radius 2 is 1.96 bits per heavy atom. The van der Waals surface area contributed by atoms with E-state index in [1.165, 1.54) is 23.7 Å². The van der Waals surface area contributed by atoms with Gasteiger partial charge in [-0.3, -0.25) is 4.79 Å². The third-order valence-electron chi connectivity index (χ3n) is 5.30. The predicted octanol–water partition coefficient (Wildman–Crippen LogP) is 4.13. The lowest BCUT2D eigenvalue weighted by Crippen LogP contribution is -2.40. The van der Waals surface area contributed by atoms with Gasteiger partial charge in [0, 0.05) is 50.1 Å². The minimum absolute atomic E-state index is 0.230. The third kappa shape index (κ3) is 5.50. The van der Waals surface area contributed by atoms with Crippen LogP contribution in [0.25, 0.3) is 0 Å². The molecule has 1 aliphatic rings. The van der Waals surface area contributed by atoms with Gasteiger partial charge in [0.25, 0.3) is 0 Å². The van der Waals surface area contributed by atoms with Crippen LogP contribution in [0.5, 0.6) is 0 Å². The summed E-state index contributed by atoms with van der Waals surface area (Å²) in [6, 6.07) is 6.66. The highest BCUT2D eigenvalue weighted by molar-refractivity contribution is 7.09. The molecule has 0 atom stereocenters. The van der Waals surface area contributed by atoms with Gasteiger partial charge in [-0.25, -0.2) is 9.37 Å². The van der Waals surface area contributed by atoms with Gasteiger partial charge in [0.15, 0.2) is 0 Å². The fourth-order valence-corrected chi connectivity index (χ4v) is 4.27. The zero-order valence-electron chi connectivity index (χ0n) is 16.9. The minimum Gasteiger partial charge on any atom is -0.344 e. The van der Waals surface area contributed by atoms with Gasteiger partial charge < -0.3 is 9.80 Å². The van der Waals surface area contributed by atoms with E-state index in [0.717, 1.165) is 48.4 Å². The molecular formula is C21H29FN4OS. The molecule has 1 saturated heterocycles. The van der Waals surface area contributed by atoms with E-state index in [2.05, 4.69) is 35.0 Å². The number of amides is 1. The lowest BCUT2D eigenvalue weighted by molar-refractivity contribution is -0.132. The van der Waals surface area contributed by atoms with Gasteiger partial charge in [-0.15, -0.1) is 0 Å². The van der Waals surface area contributed by atoms with Gasteiger partial charge in [0.2, 0.25) is 11.0 Å². The first-order valence-corrected chi connectivity index (χ1v) is 10.8. The maximum absolute atomic E-state index is 13.1. The summed E-state index contributed by atoms with van der Waals surface area (Å²) in [6.45, 7) is 8.86. The van der Waals surface area contributed by atoms with Gasteiger partial charge in [-0.1, -0.05) is 19.1 Å². The molecule has 0 N–H and O–H groups in total. The highest BCUT2D eigenvalue weighted by atomic mass is 32.1. The summed E-state index contributed by atoms with van der Waals surface area (Å²) in [5.41, 5.74) is 0.983. The molecule has 28 heavy (non-hydrogen) atoms. The molecular weight excluding hydrogens is 375 g/mol. The van der Waals surface area contributed by atoms with Crippen molar-refractivity contribution in [2.24, 2.45) is 5.92 Å². The molecule has 1 aromatic heterocycles. The second-order valence-corrected chi connectivity index (χ2v) is 8.63. The number of halogens is 1. The van der Waals surface area contributed by atoms with E-state index in [1.807, 2.05) is 4.90 Å². The molecule has 3 rings (SSSR count). The Bertz CT molecular complexity index is 769. The highest BCUT2D eigenvalue weighted by Crippen LogP contribution is 2.22. The zero-order valence-corrected chi connectivity index (χ0v) is 17.7. The van der Waals surface area contributed by atoms with E-state index >= 15 is 0 Å². The fraction of sp³-hybridized carbons (Fsp3) is 0.571. The summed E-state index contributed by atoms with van der Waals surface area (Å²) >= 11 is 1.36. The molecule has 1 fully saturated rings. The normalized spacial score (nSPS) is 15.2. The van der Waals surface area contributed by atoms with Crippen molar-refractivity contribution in [3.63, 3.8) is 0 Å². The standard InChI is InChI=1S/C21H29FN4OS/c1-15(2)26(13-10-20(27)25-11-8-16(3)9-12-25)21-23-19(24-28-21)14-17-4-6-18(22)7-5-17/h4-7,15-16H,8-14H2,1-3H3. The Balaban J connectivity index is 1.58. The molecule has 0 radical (unpaired) electrons. The number of nitrogens with zero attached hydrogens (tertiary/aromatic N) is 4. The molecule has 2 heterocycles. The average molecular weight is 405 g/mol. The van der Waals surface area contributed by atoms with Crippen LogP contribution in [-0.2, 0) is 11.2 Å². The number of carbonyl (C=O) groups is 1. The van der Waals surface area contributed by atoms with Crippen LogP contribution in [0.2, 0.25) is 0 Å². The van der Waals surface area contributed by atoms with Gasteiger partial charge >= 0.3 is 0 Å². The topological polar surface area (TPSA) is 49.3 Å². The maximum atomic E-state index is 13.1. The number of anilines is 1. The number of hydrogen-bond acceptors (Lipinski definition) is 5. The Labute approximate surface area is 170 Å². The maximum Gasteiger partial charge on any atom is 0.224 e. The number of piperidine rings is 1. The number of hydrogen-bond donors (Lipinski definition) is 0. The molecule has 0 aliphatic carbocycles. The highest BCUT2D eigenvalue weighted by Gasteiger charge is 2.22. The zero-order chi connectivity index (χ0) is 20.1. The quantitative estimate of drug-likeness (QED) is 0.696. The van der Waals surface area contributed by atoms with Crippen LogP contribution in [0, 0.1) is 11.7 Å². The fourth-order valence-electron chi connectivity index (χ4n) is 3.42. The smallest absolute Gasteiger partial charge is 0.224 e. The first-order valence-electron chi connectivity index (χ1n) is 10.0. The largest absolute Gasteiger partial charge is 0.344 e. The third-order valence-corrected chi connectivity index (χ3v) is 6.10. The Hall–Kier alpha value is -2.02. The molecule has 152 valence electrons. The second-order valence-electron chi connectivity index (χ2n) is 7.90. The summed E-state index contributed by atoms with van der Waals surface area (Å²) in [6.07, 6.45) is 3.28. The Morgan fingerprint density at radius 3 is 2.61 bits per heavy atom. The van der Waals surface area contributed by atoms with Crippen LogP contribution in [-0.4, -0.2) is 45.8 Å². The van der Waals surface area contributed by atoms with Gasteiger partial charge in [-0.2, -0.15) is 4.37 Å². The van der Waals surface area contributed by atoms with E-state index in [0.29, 0.717) is 19.4 Å². The molecule has 1 aliphatic heterocycles. The first-order chi connectivity index (χ1) is 13.4. The molecule has 5 nitrogen and oxygen atoms in total. The van der Waals surface area contributed by atoms with Crippen molar-refractivity contribution in [3.8, 4) is 0 Å². The molecule has 0 saturated carbocycles. The van der Waals surface area contributed by atoms with Gasteiger partial charge in [0.05, 0.1) is 0 Å². The van der Waals surface area contributed by atoms with Crippen LogP contribution in [0.3, 0.4) is 0 Å². The monoisotopic (exact) mass is 404 g/mol. The summed E-state index contributed by atoms with van der Waals surface area (Å²) in [5.74, 6) is 1.44. The SMILES string of the molecule is CC1CCN(C(=O)CCN(c2nc(Cc3ccc(F)cc3)ns2)C(C)C)CC1. The average Bonchev–Trinajstić information content (AvgIpc) is 3.12. The van der Waals surface area contributed by atoms with Crippen molar-refractivity contribution < 1.29 is 9.18 Å². The predicted molar refractivity (Wildman–Crippen MR) is 111 cm³/mol. The summed E-state index contributed by atoms with van der Waals surface area (Å²) in [5, 5.41) is 0.840. The number of benzene rings is 1. The molecule has 0 unspecified atom stereocenters. The van der Waals surface area contributed by atoms with Crippen molar-refractivity contribution in [3.05, 3.63) is 41.5 Å². The van der Waals surface area contributed by atoms with E-state index in [-0.39, 0.29) is 17.8 Å². The van der Waals surface area contributed by atoms with Gasteiger partial charge in [0.1, 0.15) is 11.6 Å². The van der Waals surface area contributed by atoms with Crippen LogP contribution < -0.4 is 4.90 Å². The van der Waals surface area contributed by atoms with Crippen molar-refractivity contribution in [1.82, 2.24) is 14.3 Å².